The molecule has 308 valence electrons. The highest BCUT2D eigenvalue weighted by Crippen LogP contribution is 2.66. The van der Waals surface area contributed by atoms with Gasteiger partial charge >= 0.3 is 13.1 Å². The van der Waals surface area contributed by atoms with E-state index in [0.29, 0.717) is 62.2 Å². The van der Waals surface area contributed by atoms with E-state index in [1.807, 2.05) is 48.5 Å². The Morgan fingerprint density at radius 1 is 0.982 bits per heavy atom. The van der Waals surface area contributed by atoms with Gasteiger partial charge in [-0.3, -0.25) is 29.4 Å². The van der Waals surface area contributed by atoms with Gasteiger partial charge in [0.2, 0.25) is 0 Å². The lowest BCUT2D eigenvalue weighted by Gasteiger charge is -2.64. The molecule has 4 aliphatic rings. The number of pyridine rings is 3. The van der Waals surface area contributed by atoms with Crippen LogP contribution in [0.5, 0.6) is 0 Å². The molecule has 57 heavy (non-hydrogen) atoms. The van der Waals surface area contributed by atoms with Crippen molar-refractivity contribution in [1.82, 2.24) is 25.2 Å². The molecule has 14 heteroatoms. The second kappa shape index (κ2) is 18.0. The molecule has 0 spiro atoms. The van der Waals surface area contributed by atoms with Gasteiger partial charge in [-0.25, -0.2) is 0 Å². The van der Waals surface area contributed by atoms with E-state index in [2.05, 4.69) is 79.8 Å². The first-order chi connectivity index (χ1) is 26.9. The third-order valence-corrected chi connectivity index (χ3v) is 19.0. The molecule has 3 aliphatic carbocycles. The molecule has 6 atom stereocenters. The largest absolute Gasteiger partial charge is 0.481 e. The van der Waals surface area contributed by atoms with Crippen LogP contribution in [-0.2, 0) is 38.2 Å². The van der Waals surface area contributed by atoms with E-state index < -0.39 is 27.5 Å². The van der Waals surface area contributed by atoms with E-state index in [0.717, 1.165) is 23.5 Å². The molecular formula is C43H62BN5O6SSi. The molecule has 1 amide bonds. The fourth-order valence-electron chi connectivity index (χ4n) is 8.66. The summed E-state index contributed by atoms with van der Waals surface area (Å²) in [5.41, 5.74) is 3.16. The number of aromatic nitrogens is 3. The molecule has 4 fully saturated rings. The van der Waals surface area contributed by atoms with Gasteiger partial charge in [0.05, 0.1) is 46.9 Å². The topological polar surface area (TPSA) is 136 Å². The monoisotopic (exact) mass is 815 g/mol. The van der Waals surface area contributed by atoms with Crippen molar-refractivity contribution >= 4 is 39.1 Å². The van der Waals surface area contributed by atoms with Gasteiger partial charge in [0.15, 0.2) is 8.32 Å². The van der Waals surface area contributed by atoms with E-state index in [9.17, 15) is 14.7 Å². The molecule has 3 saturated carbocycles. The van der Waals surface area contributed by atoms with Crippen molar-refractivity contribution in [3.8, 4) is 0 Å². The van der Waals surface area contributed by atoms with Crippen molar-refractivity contribution in [2.75, 3.05) is 12.3 Å². The number of carbonyl (C=O) groups excluding carboxylic acids is 1. The highest BCUT2D eigenvalue weighted by atomic mass is 32.2. The number of rotatable bonds is 19. The molecule has 2 N–H and O–H groups in total. The molecule has 3 aromatic heterocycles. The third kappa shape index (κ3) is 10.5. The summed E-state index contributed by atoms with van der Waals surface area (Å²) in [6, 6.07) is 15.5. The summed E-state index contributed by atoms with van der Waals surface area (Å²) >= 11 is 1.72. The average Bonchev–Trinajstić information content (AvgIpc) is 3.51. The van der Waals surface area contributed by atoms with Gasteiger partial charge in [0.25, 0.3) is 5.91 Å². The number of carboxylic acid groups (broad SMARTS) is 1. The molecule has 7 rings (SSSR count). The summed E-state index contributed by atoms with van der Waals surface area (Å²) in [4.78, 5) is 41.2. The Labute approximate surface area is 345 Å². The Kier molecular flexibility index (Phi) is 13.7. The molecule has 0 radical (unpaired) electrons. The third-order valence-electron chi connectivity index (χ3n) is 13.1. The lowest BCUT2D eigenvalue weighted by atomic mass is 9.43. The van der Waals surface area contributed by atoms with Gasteiger partial charge in [-0.1, -0.05) is 46.8 Å². The van der Waals surface area contributed by atoms with Crippen molar-refractivity contribution in [2.45, 2.75) is 134 Å². The van der Waals surface area contributed by atoms with Crippen LogP contribution in [-0.4, -0.2) is 87.5 Å². The Morgan fingerprint density at radius 3 is 2.18 bits per heavy atom. The van der Waals surface area contributed by atoms with Crippen molar-refractivity contribution in [2.24, 2.45) is 17.3 Å². The number of amides is 1. The summed E-state index contributed by atoms with van der Waals surface area (Å²) in [6.45, 7) is 20.1. The van der Waals surface area contributed by atoms with Gasteiger partial charge in [-0.05, 0) is 104 Å². The second-order valence-electron chi connectivity index (χ2n) is 18.5. The first-order valence-corrected chi connectivity index (χ1v) is 24.5. The predicted molar refractivity (Wildman–Crippen MR) is 228 cm³/mol. The van der Waals surface area contributed by atoms with Crippen LogP contribution in [0.15, 0.2) is 67.1 Å². The minimum Gasteiger partial charge on any atom is -0.481 e. The Bertz CT molecular complexity index is 1760. The summed E-state index contributed by atoms with van der Waals surface area (Å²) < 4.78 is 20.3. The first kappa shape index (κ1) is 43.4. The molecule has 1 saturated heterocycles. The van der Waals surface area contributed by atoms with E-state index in [1.165, 1.54) is 6.42 Å². The highest BCUT2D eigenvalue weighted by molar-refractivity contribution is 8.01. The molecule has 2 unspecified atom stereocenters. The number of nitrogens with one attached hydrogen (secondary N) is 1. The molecule has 1 aliphatic heterocycles. The van der Waals surface area contributed by atoms with Crippen LogP contribution in [0.3, 0.4) is 0 Å². The number of aliphatic carboxylic acids is 1. The summed E-state index contributed by atoms with van der Waals surface area (Å²) in [7, 11) is -2.62. The maximum absolute atomic E-state index is 13.3. The minimum atomic E-state index is -2.21. The van der Waals surface area contributed by atoms with Gasteiger partial charge < -0.3 is 24.2 Å². The smallest absolute Gasteiger partial charge is 0.471 e. The van der Waals surface area contributed by atoms with Crippen LogP contribution in [0.2, 0.25) is 18.1 Å². The fourth-order valence-corrected chi connectivity index (χ4v) is 11.2. The van der Waals surface area contributed by atoms with Crippen LogP contribution in [0.25, 0.3) is 0 Å². The Morgan fingerprint density at radius 2 is 1.63 bits per heavy atom. The number of thioether (sulfide) groups is 1. The maximum atomic E-state index is 13.3. The van der Waals surface area contributed by atoms with Crippen LogP contribution in [0, 0.1) is 17.3 Å². The van der Waals surface area contributed by atoms with E-state index >= 15 is 0 Å². The summed E-state index contributed by atoms with van der Waals surface area (Å²) in [5, 5.41) is 12.8. The van der Waals surface area contributed by atoms with Gasteiger partial charge in [0, 0.05) is 55.7 Å². The van der Waals surface area contributed by atoms with Crippen LogP contribution < -0.4 is 5.32 Å². The molecule has 3 aromatic rings. The van der Waals surface area contributed by atoms with Crippen LogP contribution in [0.1, 0.15) is 101 Å². The van der Waals surface area contributed by atoms with Crippen molar-refractivity contribution in [3.63, 3.8) is 0 Å². The Balaban J connectivity index is 1.07. The van der Waals surface area contributed by atoms with Gasteiger partial charge in [-0.15, -0.1) is 0 Å². The molecule has 2 bridgehead atoms. The number of hydrogen-bond donors (Lipinski definition) is 2. The maximum Gasteiger partial charge on any atom is 0.471 e. The number of hydrogen-bond acceptors (Lipinski definition) is 10. The van der Waals surface area contributed by atoms with E-state index in [-0.39, 0.29) is 39.6 Å². The first-order valence-electron chi connectivity index (χ1n) is 20.5. The fraction of sp³-hybridized carbons (Fsp3) is 0.605. The highest BCUT2D eigenvalue weighted by Gasteiger charge is 2.68. The predicted octanol–water partition coefficient (Wildman–Crippen LogP) is 7.82. The zero-order chi connectivity index (χ0) is 41.0. The summed E-state index contributed by atoms with van der Waals surface area (Å²) in [5.74, 6) is 0.696. The van der Waals surface area contributed by atoms with E-state index in [4.69, 9.17) is 13.7 Å². The summed E-state index contributed by atoms with van der Waals surface area (Å²) in [6.07, 6.45) is 8.29. The SMILES string of the molecule is CC1(C)[C@@H]2C[C@H]3OB(C(CCC(CC(=O)O)O[Si](C)(C)C(C)(C)C)SCCNC(=O)c4ccc(CN(Cc5ccccn5)Cc5ccccn5)nc4)O[C@@]3(C)[C@H]1C2. The molecule has 0 aromatic carbocycles. The molecule has 11 nitrogen and oxygen atoms in total. The normalized spacial score (nSPS) is 23.7. The van der Waals surface area contributed by atoms with E-state index in [1.54, 1.807) is 30.4 Å². The zero-order valence-electron chi connectivity index (χ0n) is 35.1. The molecule has 4 heterocycles. The van der Waals surface area contributed by atoms with Gasteiger partial charge in [-0.2, -0.15) is 11.8 Å². The lowest BCUT2D eigenvalue weighted by molar-refractivity contribution is -0.199. The number of nitrogens with zero attached hydrogens (tertiary/aromatic N) is 4. The second-order valence-corrected chi connectivity index (χ2v) is 24.6. The Hall–Kier alpha value is -3.14. The van der Waals surface area contributed by atoms with Crippen molar-refractivity contribution in [1.29, 1.82) is 0 Å². The van der Waals surface area contributed by atoms with Crippen molar-refractivity contribution < 1.29 is 28.4 Å². The van der Waals surface area contributed by atoms with Crippen LogP contribution >= 0.6 is 11.8 Å². The lowest BCUT2D eigenvalue weighted by Crippen LogP contribution is -2.65. The molecular weight excluding hydrogens is 753 g/mol. The number of carboxylic acids is 1. The standard InChI is InChI=1S/C43H62BN5O6SSi/c1-41(2,3)57(7,8)54-35(25-39(50)51)17-18-38(44-53-37-24-31-23-36(42(31,4)5)43(37,6)55-44)56-22-21-47-40(52)30-15-16-34(48-26-30)29-49(27-32-13-9-11-19-45-32)28-33-14-10-12-20-46-33/h9-16,19-20,26,31,35-38H,17-18,21-25,27-29H2,1-8H3,(H,47,52)(H,50,51)/t31-,35?,36-,37+,38?,43-/m0/s1. The zero-order valence-corrected chi connectivity index (χ0v) is 36.9. The number of carbonyl (C=O) groups is 2. The van der Waals surface area contributed by atoms with Crippen molar-refractivity contribution in [3.05, 3.63) is 89.8 Å². The quantitative estimate of drug-likeness (QED) is 0.0906. The minimum absolute atomic E-state index is 0.0378. The average molecular weight is 816 g/mol. The van der Waals surface area contributed by atoms with Gasteiger partial charge in [0.1, 0.15) is 0 Å². The van der Waals surface area contributed by atoms with Crippen LogP contribution in [0.4, 0.5) is 0 Å².